The van der Waals surface area contributed by atoms with Gasteiger partial charge in [0.05, 0.1) is 0 Å². The van der Waals surface area contributed by atoms with Gasteiger partial charge in [0.25, 0.3) is 5.91 Å². The van der Waals surface area contributed by atoms with Crippen LogP contribution in [0.2, 0.25) is 0 Å². The lowest BCUT2D eigenvalue weighted by atomic mass is 10.3. The van der Waals surface area contributed by atoms with Gasteiger partial charge in [-0.1, -0.05) is 13.3 Å². The second kappa shape index (κ2) is 5.36. The van der Waals surface area contributed by atoms with Crippen LogP contribution in [0.1, 0.15) is 37.3 Å². The fourth-order valence-electron chi connectivity index (χ4n) is 1.21. The summed E-state index contributed by atoms with van der Waals surface area (Å²) in [5.74, 6) is 0.251. The highest BCUT2D eigenvalue weighted by Gasteiger charge is 2.15. The van der Waals surface area contributed by atoms with Gasteiger partial charge in [-0.3, -0.25) is 9.89 Å². The molecule has 5 nitrogen and oxygen atoms in total. The Morgan fingerprint density at radius 1 is 1.57 bits per heavy atom. The quantitative estimate of drug-likeness (QED) is 0.766. The summed E-state index contributed by atoms with van der Waals surface area (Å²) in [4.78, 5) is 17.3. The zero-order valence-corrected chi connectivity index (χ0v) is 8.66. The van der Waals surface area contributed by atoms with E-state index in [0.29, 0.717) is 12.4 Å². The van der Waals surface area contributed by atoms with Crippen molar-refractivity contribution in [3.8, 4) is 0 Å². The van der Waals surface area contributed by atoms with E-state index in [1.54, 1.807) is 4.90 Å². The summed E-state index contributed by atoms with van der Waals surface area (Å²) in [6.07, 6.45) is 3.45. The van der Waals surface area contributed by atoms with Gasteiger partial charge in [0.1, 0.15) is 6.33 Å². The van der Waals surface area contributed by atoms with Crippen molar-refractivity contribution in [2.75, 3.05) is 13.1 Å². The number of hydrogen-bond donors (Lipinski definition) is 1. The van der Waals surface area contributed by atoms with Gasteiger partial charge in [-0.05, 0) is 13.3 Å². The third-order valence-electron chi connectivity index (χ3n) is 2.07. The molecule has 0 aliphatic heterocycles. The van der Waals surface area contributed by atoms with Crippen LogP contribution in [0.15, 0.2) is 6.33 Å². The molecule has 0 bridgehead atoms. The Morgan fingerprint density at radius 3 is 2.86 bits per heavy atom. The van der Waals surface area contributed by atoms with Gasteiger partial charge in [0, 0.05) is 13.1 Å². The first-order chi connectivity index (χ1) is 6.79. The molecule has 0 atom stereocenters. The number of carbonyl (C=O) groups excluding carboxylic acids is 1. The maximum atomic E-state index is 11.7. The minimum Gasteiger partial charge on any atom is -0.336 e. The van der Waals surface area contributed by atoms with Crippen molar-refractivity contribution in [2.24, 2.45) is 0 Å². The SMILES string of the molecule is CCCCN(CC)C(=O)c1ncn[nH]1. The van der Waals surface area contributed by atoms with Crippen molar-refractivity contribution in [3.05, 3.63) is 12.2 Å². The third kappa shape index (κ3) is 2.55. The molecule has 0 aliphatic carbocycles. The predicted octanol–water partition coefficient (Wildman–Crippen LogP) is 1.07. The molecule has 1 heterocycles. The number of aromatic nitrogens is 3. The first-order valence-corrected chi connectivity index (χ1v) is 4.94. The fraction of sp³-hybridized carbons (Fsp3) is 0.667. The molecule has 5 heteroatoms. The number of amides is 1. The molecule has 0 saturated heterocycles. The second-order valence-corrected chi connectivity index (χ2v) is 3.07. The molecule has 78 valence electrons. The van der Waals surface area contributed by atoms with E-state index >= 15 is 0 Å². The Balaban J connectivity index is 2.56. The zero-order chi connectivity index (χ0) is 10.4. The summed E-state index contributed by atoms with van der Waals surface area (Å²) < 4.78 is 0. The number of nitrogens with one attached hydrogen (secondary N) is 1. The Labute approximate surface area is 83.5 Å². The minimum absolute atomic E-state index is 0.0709. The van der Waals surface area contributed by atoms with Crippen molar-refractivity contribution >= 4 is 5.91 Å². The van der Waals surface area contributed by atoms with E-state index in [1.165, 1.54) is 6.33 Å². The van der Waals surface area contributed by atoms with Crippen molar-refractivity contribution in [1.82, 2.24) is 20.1 Å². The normalized spacial score (nSPS) is 10.1. The van der Waals surface area contributed by atoms with Crippen molar-refractivity contribution in [1.29, 1.82) is 0 Å². The highest BCUT2D eigenvalue weighted by Crippen LogP contribution is 2.00. The molecular weight excluding hydrogens is 180 g/mol. The average molecular weight is 196 g/mol. The fourth-order valence-corrected chi connectivity index (χ4v) is 1.21. The van der Waals surface area contributed by atoms with Crippen LogP contribution in [-0.4, -0.2) is 39.1 Å². The van der Waals surface area contributed by atoms with Crippen LogP contribution >= 0.6 is 0 Å². The van der Waals surface area contributed by atoms with Gasteiger partial charge >= 0.3 is 0 Å². The van der Waals surface area contributed by atoms with Gasteiger partial charge in [-0.2, -0.15) is 5.10 Å². The molecular formula is C9H16N4O. The van der Waals surface area contributed by atoms with E-state index in [9.17, 15) is 4.79 Å². The van der Waals surface area contributed by atoms with E-state index in [1.807, 2.05) is 6.92 Å². The molecule has 0 spiro atoms. The predicted molar refractivity (Wildman–Crippen MR) is 52.9 cm³/mol. The largest absolute Gasteiger partial charge is 0.336 e. The van der Waals surface area contributed by atoms with Crippen LogP contribution in [0, 0.1) is 0 Å². The number of hydrogen-bond acceptors (Lipinski definition) is 3. The molecule has 0 aliphatic rings. The summed E-state index contributed by atoms with van der Waals surface area (Å²) in [5, 5.41) is 6.23. The number of H-pyrrole nitrogens is 1. The van der Waals surface area contributed by atoms with Crippen molar-refractivity contribution in [2.45, 2.75) is 26.7 Å². The standard InChI is InChI=1S/C9H16N4O/c1-3-5-6-13(4-2)9(14)8-10-7-11-12-8/h7H,3-6H2,1-2H3,(H,10,11,12). The van der Waals surface area contributed by atoms with Crippen LogP contribution in [0.4, 0.5) is 0 Å². The molecule has 0 unspecified atom stereocenters. The summed E-state index contributed by atoms with van der Waals surface area (Å²) in [7, 11) is 0. The summed E-state index contributed by atoms with van der Waals surface area (Å²) in [6, 6.07) is 0. The summed E-state index contributed by atoms with van der Waals surface area (Å²) >= 11 is 0. The molecule has 0 fully saturated rings. The molecule has 0 saturated carbocycles. The second-order valence-electron chi connectivity index (χ2n) is 3.07. The monoisotopic (exact) mass is 196 g/mol. The Hall–Kier alpha value is -1.39. The van der Waals surface area contributed by atoms with Crippen LogP contribution < -0.4 is 0 Å². The van der Waals surface area contributed by atoms with Crippen LogP contribution in [0.25, 0.3) is 0 Å². The van der Waals surface area contributed by atoms with Crippen molar-refractivity contribution in [3.63, 3.8) is 0 Å². The smallest absolute Gasteiger partial charge is 0.291 e. The average Bonchev–Trinajstić information content (AvgIpc) is 2.71. The van der Waals surface area contributed by atoms with E-state index in [0.717, 1.165) is 19.4 Å². The Bertz CT molecular complexity index is 270. The third-order valence-corrected chi connectivity index (χ3v) is 2.07. The molecule has 1 rings (SSSR count). The first kappa shape index (κ1) is 10.7. The lowest BCUT2D eigenvalue weighted by Gasteiger charge is -2.18. The Kier molecular flexibility index (Phi) is 4.10. The minimum atomic E-state index is -0.0709. The van der Waals surface area contributed by atoms with Gasteiger partial charge in [-0.15, -0.1) is 0 Å². The maximum Gasteiger partial charge on any atom is 0.291 e. The number of rotatable bonds is 5. The number of aromatic amines is 1. The number of nitrogens with zero attached hydrogens (tertiary/aromatic N) is 3. The number of unbranched alkanes of at least 4 members (excludes halogenated alkanes) is 1. The molecule has 0 aromatic carbocycles. The Morgan fingerprint density at radius 2 is 2.36 bits per heavy atom. The van der Waals surface area contributed by atoms with Crippen molar-refractivity contribution < 1.29 is 4.79 Å². The van der Waals surface area contributed by atoms with E-state index in [4.69, 9.17) is 0 Å². The van der Waals surface area contributed by atoms with E-state index in [2.05, 4.69) is 22.1 Å². The van der Waals surface area contributed by atoms with Crippen LogP contribution in [0.5, 0.6) is 0 Å². The van der Waals surface area contributed by atoms with Gasteiger partial charge in [0.2, 0.25) is 5.82 Å². The van der Waals surface area contributed by atoms with Crippen LogP contribution in [-0.2, 0) is 0 Å². The molecule has 1 amide bonds. The molecule has 1 aromatic rings. The number of carbonyl (C=O) groups is 1. The maximum absolute atomic E-state index is 11.7. The highest BCUT2D eigenvalue weighted by atomic mass is 16.2. The molecule has 1 aromatic heterocycles. The lowest BCUT2D eigenvalue weighted by molar-refractivity contribution is 0.0750. The molecule has 1 N–H and O–H groups in total. The van der Waals surface area contributed by atoms with Gasteiger partial charge < -0.3 is 4.90 Å². The van der Waals surface area contributed by atoms with Gasteiger partial charge in [-0.25, -0.2) is 4.98 Å². The van der Waals surface area contributed by atoms with E-state index < -0.39 is 0 Å². The molecule has 14 heavy (non-hydrogen) atoms. The summed E-state index contributed by atoms with van der Waals surface area (Å²) in [6.45, 7) is 5.56. The van der Waals surface area contributed by atoms with Gasteiger partial charge in [0.15, 0.2) is 0 Å². The first-order valence-electron chi connectivity index (χ1n) is 4.94. The van der Waals surface area contributed by atoms with Crippen LogP contribution in [0.3, 0.4) is 0 Å². The molecule has 0 radical (unpaired) electrons. The zero-order valence-electron chi connectivity index (χ0n) is 8.66. The lowest BCUT2D eigenvalue weighted by Crippen LogP contribution is -2.32. The highest BCUT2D eigenvalue weighted by molar-refractivity contribution is 5.90. The van der Waals surface area contributed by atoms with E-state index in [-0.39, 0.29) is 5.91 Å². The summed E-state index contributed by atoms with van der Waals surface area (Å²) in [5.41, 5.74) is 0. The topological polar surface area (TPSA) is 61.9 Å².